The number of hydrogen-bond donors (Lipinski definition) is 2. The van der Waals surface area contributed by atoms with E-state index >= 15 is 0 Å². The maximum absolute atomic E-state index is 5.94. The molecule has 1 aromatic carbocycles. The van der Waals surface area contributed by atoms with Crippen molar-refractivity contribution in [1.82, 2.24) is 15.5 Å². The summed E-state index contributed by atoms with van der Waals surface area (Å²) in [5, 5.41) is 11.4. The fraction of sp³-hybridized carbons (Fsp3) is 0.400. The minimum Gasteiger partial charge on any atom is -0.306 e. The predicted octanol–water partition coefficient (Wildman–Crippen LogP) is 3.86. The first kappa shape index (κ1) is 14.1. The van der Waals surface area contributed by atoms with Crippen molar-refractivity contribution in [2.24, 2.45) is 5.92 Å². The molecule has 19 heavy (non-hydrogen) atoms. The van der Waals surface area contributed by atoms with Crippen LogP contribution in [0.15, 0.2) is 30.5 Å². The Kier molecular flexibility index (Phi) is 4.61. The molecule has 0 aliphatic carbocycles. The van der Waals surface area contributed by atoms with Gasteiger partial charge in [0, 0.05) is 28.9 Å². The summed E-state index contributed by atoms with van der Waals surface area (Å²) in [6.07, 6.45) is 1.88. The molecule has 0 saturated carbocycles. The number of nitrogens with zero attached hydrogens (tertiary/aromatic N) is 1. The molecule has 0 fully saturated rings. The second kappa shape index (κ2) is 6.22. The standard InChI is InChI=1S/C15H20ClN3/c1-10(2)15(12-4-6-14(16)7-5-12)17-8-13-9-18-19-11(13)3/h4-7,9-10,15,17H,8H2,1-3H3,(H,18,19)/t15-/m1/s1. The van der Waals surface area contributed by atoms with E-state index in [1.165, 1.54) is 11.1 Å². The third-order valence-electron chi connectivity index (χ3n) is 3.34. The first-order valence-electron chi connectivity index (χ1n) is 6.55. The molecular formula is C15H20ClN3. The summed E-state index contributed by atoms with van der Waals surface area (Å²) < 4.78 is 0. The highest BCUT2D eigenvalue weighted by Gasteiger charge is 2.15. The molecule has 1 heterocycles. The van der Waals surface area contributed by atoms with Crippen LogP contribution < -0.4 is 5.32 Å². The van der Waals surface area contributed by atoms with Crippen LogP contribution in [-0.2, 0) is 6.54 Å². The van der Waals surface area contributed by atoms with Crippen molar-refractivity contribution in [2.75, 3.05) is 0 Å². The maximum atomic E-state index is 5.94. The van der Waals surface area contributed by atoms with Crippen LogP contribution in [0.1, 0.15) is 36.7 Å². The zero-order valence-electron chi connectivity index (χ0n) is 11.6. The number of aromatic nitrogens is 2. The number of aryl methyl sites for hydroxylation is 1. The van der Waals surface area contributed by atoms with E-state index in [2.05, 4.69) is 41.5 Å². The van der Waals surface area contributed by atoms with Gasteiger partial charge in [-0.3, -0.25) is 5.10 Å². The van der Waals surface area contributed by atoms with Gasteiger partial charge in [-0.05, 0) is 30.5 Å². The Bertz CT molecular complexity index is 516. The summed E-state index contributed by atoms with van der Waals surface area (Å²) in [5.74, 6) is 0.508. The van der Waals surface area contributed by atoms with E-state index in [1.54, 1.807) is 0 Å². The van der Waals surface area contributed by atoms with Crippen LogP contribution in [0.25, 0.3) is 0 Å². The van der Waals surface area contributed by atoms with Crippen molar-refractivity contribution >= 4 is 11.6 Å². The highest BCUT2D eigenvalue weighted by molar-refractivity contribution is 6.30. The lowest BCUT2D eigenvalue weighted by Crippen LogP contribution is -2.25. The van der Waals surface area contributed by atoms with E-state index in [0.717, 1.165) is 17.3 Å². The summed E-state index contributed by atoms with van der Waals surface area (Å²) in [4.78, 5) is 0. The Morgan fingerprint density at radius 2 is 1.95 bits per heavy atom. The molecule has 2 rings (SSSR count). The van der Waals surface area contributed by atoms with Gasteiger partial charge in [-0.15, -0.1) is 0 Å². The summed E-state index contributed by atoms with van der Waals surface area (Å²) in [5.41, 5.74) is 3.59. The van der Waals surface area contributed by atoms with Gasteiger partial charge in [-0.2, -0.15) is 5.10 Å². The van der Waals surface area contributed by atoms with Gasteiger partial charge in [0.1, 0.15) is 0 Å². The van der Waals surface area contributed by atoms with Gasteiger partial charge in [0.15, 0.2) is 0 Å². The van der Waals surface area contributed by atoms with E-state index in [9.17, 15) is 0 Å². The van der Waals surface area contributed by atoms with Crippen LogP contribution in [0.5, 0.6) is 0 Å². The van der Waals surface area contributed by atoms with Gasteiger partial charge in [-0.1, -0.05) is 37.6 Å². The molecule has 0 spiro atoms. The van der Waals surface area contributed by atoms with Gasteiger partial charge >= 0.3 is 0 Å². The van der Waals surface area contributed by atoms with Crippen LogP contribution in [0.2, 0.25) is 5.02 Å². The molecule has 0 saturated heterocycles. The van der Waals surface area contributed by atoms with Gasteiger partial charge in [0.05, 0.1) is 6.20 Å². The van der Waals surface area contributed by atoms with Crippen molar-refractivity contribution in [3.63, 3.8) is 0 Å². The largest absolute Gasteiger partial charge is 0.306 e. The molecule has 4 heteroatoms. The lowest BCUT2D eigenvalue weighted by atomic mass is 9.96. The molecule has 2 aromatic rings. The number of aromatic amines is 1. The molecule has 0 unspecified atom stereocenters. The molecule has 1 aromatic heterocycles. The van der Waals surface area contributed by atoms with Crippen molar-refractivity contribution in [3.05, 3.63) is 52.3 Å². The second-order valence-corrected chi connectivity index (χ2v) is 5.61. The SMILES string of the molecule is Cc1[nH]ncc1CN[C@@H](c1ccc(Cl)cc1)C(C)C. The van der Waals surface area contributed by atoms with E-state index in [-0.39, 0.29) is 0 Å². The molecule has 0 bridgehead atoms. The summed E-state index contributed by atoms with van der Waals surface area (Å²) in [7, 11) is 0. The number of nitrogens with one attached hydrogen (secondary N) is 2. The zero-order valence-corrected chi connectivity index (χ0v) is 12.3. The predicted molar refractivity (Wildman–Crippen MR) is 79.2 cm³/mol. The minimum atomic E-state index is 0.312. The molecule has 2 N–H and O–H groups in total. The topological polar surface area (TPSA) is 40.7 Å². The number of hydrogen-bond acceptors (Lipinski definition) is 2. The summed E-state index contributed by atoms with van der Waals surface area (Å²) >= 11 is 5.94. The second-order valence-electron chi connectivity index (χ2n) is 5.17. The fourth-order valence-electron chi connectivity index (χ4n) is 2.18. The average molecular weight is 278 g/mol. The van der Waals surface area contributed by atoms with Gasteiger partial charge < -0.3 is 5.32 Å². The molecule has 0 amide bonds. The Morgan fingerprint density at radius 1 is 1.26 bits per heavy atom. The first-order chi connectivity index (χ1) is 9.08. The number of H-pyrrole nitrogens is 1. The highest BCUT2D eigenvalue weighted by Crippen LogP contribution is 2.23. The van der Waals surface area contributed by atoms with E-state index in [4.69, 9.17) is 11.6 Å². The third kappa shape index (κ3) is 3.58. The number of rotatable bonds is 5. The van der Waals surface area contributed by atoms with E-state index < -0.39 is 0 Å². The molecule has 0 radical (unpaired) electrons. The van der Waals surface area contributed by atoms with E-state index in [1.807, 2.05) is 25.3 Å². The lowest BCUT2D eigenvalue weighted by molar-refractivity contribution is 0.410. The molecule has 102 valence electrons. The average Bonchev–Trinajstić information content (AvgIpc) is 2.77. The molecule has 1 atom stereocenters. The van der Waals surface area contributed by atoms with Gasteiger partial charge in [0.2, 0.25) is 0 Å². The third-order valence-corrected chi connectivity index (χ3v) is 3.59. The summed E-state index contributed by atoms with van der Waals surface area (Å²) in [6, 6.07) is 8.37. The fourth-order valence-corrected chi connectivity index (χ4v) is 2.31. The number of benzene rings is 1. The van der Waals surface area contributed by atoms with Crippen LogP contribution in [-0.4, -0.2) is 10.2 Å². The first-order valence-corrected chi connectivity index (χ1v) is 6.93. The van der Waals surface area contributed by atoms with Crippen molar-refractivity contribution in [3.8, 4) is 0 Å². The van der Waals surface area contributed by atoms with Gasteiger partial charge in [0.25, 0.3) is 0 Å². The molecule has 0 aliphatic rings. The van der Waals surface area contributed by atoms with Crippen LogP contribution in [0.3, 0.4) is 0 Å². The van der Waals surface area contributed by atoms with Crippen LogP contribution >= 0.6 is 11.6 Å². The highest BCUT2D eigenvalue weighted by atomic mass is 35.5. The number of halogens is 1. The Hall–Kier alpha value is -1.32. The Labute approximate surface area is 119 Å². The van der Waals surface area contributed by atoms with Crippen LogP contribution in [0, 0.1) is 12.8 Å². The maximum Gasteiger partial charge on any atom is 0.0535 e. The molecule has 3 nitrogen and oxygen atoms in total. The molecular weight excluding hydrogens is 258 g/mol. The Morgan fingerprint density at radius 3 is 2.47 bits per heavy atom. The van der Waals surface area contributed by atoms with Crippen molar-refractivity contribution in [1.29, 1.82) is 0 Å². The minimum absolute atomic E-state index is 0.312. The van der Waals surface area contributed by atoms with Crippen molar-refractivity contribution < 1.29 is 0 Å². The monoisotopic (exact) mass is 277 g/mol. The van der Waals surface area contributed by atoms with Gasteiger partial charge in [-0.25, -0.2) is 0 Å². The van der Waals surface area contributed by atoms with Crippen LogP contribution in [0.4, 0.5) is 0 Å². The Balaban J connectivity index is 2.08. The smallest absolute Gasteiger partial charge is 0.0535 e. The zero-order chi connectivity index (χ0) is 13.8. The quantitative estimate of drug-likeness (QED) is 0.871. The normalized spacial score (nSPS) is 12.9. The van der Waals surface area contributed by atoms with Crippen molar-refractivity contribution in [2.45, 2.75) is 33.4 Å². The lowest BCUT2D eigenvalue weighted by Gasteiger charge is -2.23. The van der Waals surface area contributed by atoms with E-state index in [0.29, 0.717) is 12.0 Å². The molecule has 0 aliphatic heterocycles. The summed E-state index contributed by atoms with van der Waals surface area (Å²) in [6.45, 7) is 7.29.